The molecule has 6 rings (SSSR count). The van der Waals surface area contributed by atoms with E-state index in [0.29, 0.717) is 49.8 Å². The Morgan fingerprint density at radius 2 is 1.79 bits per heavy atom. The van der Waals surface area contributed by atoms with Crippen LogP contribution >= 0.6 is 11.6 Å². The number of hydrogen-bond acceptors (Lipinski definition) is 8. The normalized spacial score (nSPS) is 20.2. The van der Waals surface area contributed by atoms with Gasteiger partial charge in [0.15, 0.2) is 27.2 Å². The number of fused-ring (bicyclic) bond motifs is 3. The van der Waals surface area contributed by atoms with E-state index in [0.717, 1.165) is 29.0 Å². The molecule has 0 radical (unpaired) electrons. The molecule has 2 aromatic heterocycles. The van der Waals surface area contributed by atoms with Crippen LogP contribution in [0.3, 0.4) is 0 Å². The summed E-state index contributed by atoms with van der Waals surface area (Å²) in [5, 5.41) is 9.64. The van der Waals surface area contributed by atoms with Crippen LogP contribution in [-0.4, -0.2) is 70.8 Å². The fourth-order valence-corrected chi connectivity index (χ4v) is 7.34. The number of methoxy groups -OCH3 is 1. The van der Waals surface area contributed by atoms with Crippen LogP contribution in [0.4, 0.5) is 19.0 Å². The fourth-order valence-electron chi connectivity index (χ4n) is 5.65. The molecule has 14 heteroatoms. The zero-order valence-electron chi connectivity index (χ0n) is 21.0. The molecule has 0 aliphatic carbocycles. The number of benzene rings is 1. The second kappa shape index (κ2) is 9.63. The van der Waals surface area contributed by atoms with Crippen molar-refractivity contribution in [3.63, 3.8) is 0 Å². The van der Waals surface area contributed by atoms with Crippen LogP contribution in [0, 0.1) is 0 Å². The van der Waals surface area contributed by atoms with Crippen LogP contribution in [0.1, 0.15) is 41.7 Å². The molecule has 5 heterocycles. The number of aromatic nitrogens is 4. The molecule has 39 heavy (non-hydrogen) atoms. The number of piperidine rings is 1. The van der Waals surface area contributed by atoms with Crippen molar-refractivity contribution < 1.29 is 26.3 Å². The lowest BCUT2D eigenvalue weighted by atomic mass is 9.95. The number of anilines is 1. The number of hydrogen-bond donors (Lipinski definition) is 0. The van der Waals surface area contributed by atoms with Gasteiger partial charge in [0.05, 0.1) is 30.8 Å². The molecule has 0 amide bonds. The van der Waals surface area contributed by atoms with Crippen molar-refractivity contribution in [3.05, 3.63) is 58.3 Å². The predicted octanol–water partition coefficient (Wildman–Crippen LogP) is 3.84. The molecular weight excluding hydrogens is 557 g/mol. The molecule has 0 bridgehead atoms. The van der Waals surface area contributed by atoms with E-state index in [9.17, 15) is 21.6 Å². The van der Waals surface area contributed by atoms with Gasteiger partial charge in [-0.2, -0.15) is 13.2 Å². The minimum atomic E-state index is -4.55. The molecule has 2 saturated heterocycles. The number of ether oxygens (including phenoxy) is 1. The van der Waals surface area contributed by atoms with Crippen LogP contribution in [-0.2, 0) is 29.1 Å². The number of rotatable bonds is 4. The van der Waals surface area contributed by atoms with Crippen molar-refractivity contribution in [3.8, 4) is 11.4 Å². The van der Waals surface area contributed by atoms with E-state index in [4.69, 9.17) is 16.3 Å². The van der Waals surface area contributed by atoms with E-state index < -0.39 is 21.7 Å². The molecular formula is C25H26ClF3N6O3S. The van der Waals surface area contributed by atoms with Crippen molar-refractivity contribution in [1.29, 1.82) is 0 Å². The van der Waals surface area contributed by atoms with Gasteiger partial charge in [-0.15, -0.1) is 10.2 Å². The van der Waals surface area contributed by atoms with E-state index in [1.54, 1.807) is 0 Å². The van der Waals surface area contributed by atoms with E-state index in [1.165, 1.54) is 13.2 Å². The van der Waals surface area contributed by atoms with E-state index in [2.05, 4.69) is 20.1 Å². The van der Waals surface area contributed by atoms with Gasteiger partial charge in [-0.1, -0.05) is 11.6 Å². The lowest BCUT2D eigenvalue weighted by Crippen LogP contribution is -2.52. The minimum Gasteiger partial charge on any atom is -0.493 e. The maximum atomic E-state index is 13.3. The highest BCUT2D eigenvalue weighted by molar-refractivity contribution is 7.92. The largest absolute Gasteiger partial charge is 0.493 e. The van der Waals surface area contributed by atoms with Gasteiger partial charge in [-0.3, -0.25) is 9.47 Å². The number of nitrogens with zero attached hydrogens (tertiary/aromatic N) is 6. The molecule has 9 nitrogen and oxygen atoms in total. The number of sulfone groups is 1. The quantitative estimate of drug-likeness (QED) is 0.458. The van der Waals surface area contributed by atoms with Gasteiger partial charge in [0, 0.05) is 36.6 Å². The highest BCUT2D eigenvalue weighted by atomic mass is 35.5. The Balaban J connectivity index is 1.28. The number of pyridine rings is 1. The highest BCUT2D eigenvalue weighted by Crippen LogP contribution is 2.38. The smallest absolute Gasteiger partial charge is 0.433 e. The zero-order chi connectivity index (χ0) is 27.5. The van der Waals surface area contributed by atoms with Crippen LogP contribution < -0.4 is 9.64 Å². The first kappa shape index (κ1) is 26.3. The van der Waals surface area contributed by atoms with Crippen molar-refractivity contribution in [2.24, 2.45) is 0 Å². The topological polar surface area (TPSA) is 93.4 Å². The Bertz CT molecular complexity index is 1510. The fraction of sp³-hybridized carbons (Fsp3) is 0.480. The van der Waals surface area contributed by atoms with Gasteiger partial charge in [-0.25, -0.2) is 13.4 Å². The predicted molar refractivity (Wildman–Crippen MR) is 138 cm³/mol. The first-order valence-electron chi connectivity index (χ1n) is 12.6. The Morgan fingerprint density at radius 1 is 1.05 bits per heavy atom. The van der Waals surface area contributed by atoms with E-state index >= 15 is 0 Å². The summed E-state index contributed by atoms with van der Waals surface area (Å²) < 4.78 is 71.0. The van der Waals surface area contributed by atoms with Gasteiger partial charge >= 0.3 is 6.18 Å². The number of halogens is 4. The second-order valence-corrected chi connectivity index (χ2v) is 12.8. The summed E-state index contributed by atoms with van der Waals surface area (Å²) in [5.41, 5.74) is 0.909. The van der Waals surface area contributed by atoms with Gasteiger partial charge in [0.1, 0.15) is 11.5 Å². The monoisotopic (exact) mass is 582 g/mol. The first-order chi connectivity index (χ1) is 18.5. The molecule has 0 unspecified atom stereocenters. The maximum Gasteiger partial charge on any atom is 0.433 e. The molecule has 0 atom stereocenters. The highest BCUT2D eigenvalue weighted by Gasteiger charge is 2.40. The summed E-state index contributed by atoms with van der Waals surface area (Å²) in [6.07, 6.45) is -3.29. The molecule has 0 N–H and O–H groups in total. The van der Waals surface area contributed by atoms with Crippen molar-refractivity contribution in [1.82, 2.24) is 24.6 Å². The summed E-state index contributed by atoms with van der Waals surface area (Å²) in [4.78, 5) is 7.81. The van der Waals surface area contributed by atoms with Crippen LogP contribution in [0.25, 0.3) is 5.69 Å². The average molecular weight is 583 g/mol. The van der Waals surface area contributed by atoms with Crippen molar-refractivity contribution in [2.75, 3.05) is 36.6 Å². The third-order valence-corrected chi connectivity index (χ3v) is 9.69. The van der Waals surface area contributed by atoms with Crippen molar-refractivity contribution >= 4 is 27.3 Å². The third kappa shape index (κ3) is 4.95. The maximum absolute atomic E-state index is 13.3. The summed E-state index contributed by atoms with van der Waals surface area (Å²) in [6.45, 7) is 1.93. The SMILES string of the molecule is COc1ccc(C(F)(F)F)nc1N1CCC(c2nnc3n2-c2ccc(Cl)cc2CN(C2CS(=O)(=O)C2)C3)CC1. The molecule has 0 saturated carbocycles. The Hall–Kier alpha value is -2.90. The Morgan fingerprint density at radius 3 is 2.46 bits per heavy atom. The van der Waals surface area contributed by atoms with Gasteiger partial charge < -0.3 is 9.64 Å². The third-order valence-electron chi connectivity index (χ3n) is 7.67. The van der Waals surface area contributed by atoms with Gasteiger partial charge in [-0.05, 0) is 48.7 Å². The summed E-state index contributed by atoms with van der Waals surface area (Å²) in [7, 11) is -1.59. The Kier molecular flexibility index (Phi) is 6.50. The van der Waals surface area contributed by atoms with Gasteiger partial charge in [0.25, 0.3) is 0 Å². The summed E-state index contributed by atoms with van der Waals surface area (Å²) in [6, 6.07) is 7.77. The zero-order valence-corrected chi connectivity index (χ0v) is 22.6. The molecule has 3 aliphatic heterocycles. The molecule has 208 valence electrons. The van der Waals surface area contributed by atoms with Crippen molar-refractivity contribution in [2.45, 2.75) is 44.1 Å². The van der Waals surface area contributed by atoms with E-state index in [1.807, 2.05) is 27.7 Å². The Labute approximate surface area is 228 Å². The average Bonchev–Trinajstić information content (AvgIpc) is 3.22. The first-order valence-corrected chi connectivity index (χ1v) is 14.8. The van der Waals surface area contributed by atoms with Crippen LogP contribution in [0.5, 0.6) is 5.75 Å². The molecule has 3 aromatic rings. The van der Waals surface area contributed by atoms with E-state index in [-0.39, 0.29) is 29.3 Å². The molecule has 3 aliphatic rings. The molecule has 2 fully saturated rings. The van der Waals surface area contributed by atoms with Gasteiger partial charge in [0.2, 0.25) is 0 Å². The van der Waals surface area contributed by atoms with Crippen LogP contribution in [0.2, 0.25) is 5.02 Å². The lowest BCUT2D eigenvalue weighted by molar-refractivity contribution is -0.141. The molecule has 1 aromatic carbocycles. The molecule has 0 spiro atoms. The van der Waals surface area contributed by atoms with Crippen LogP contribution in [0.15, 0.2) is 30.3 Å². The summed E-state index contributed by atoms with van der Waals surface area (Å²) in [5.74, 6) is 2.22. The summed E-state index contributed by atoms with van der Waals surface area (Å²) >= 11 is 6.33. The lowest BCUT2D eigenvalue weighted by Gasteiger charge is -2.35. The second-order valence-electron chi connectivity index (χ2n) is 10.2. The number of alkyl halides is 3. The standard InChI is InChI=1S/C25H26ClF3N6O3S/c1-38-20-4-5-21(25(27,28)29)30-24(20)33-8-6-15(7-9-33)23-32-31-22-12-34(18-13-39(36,37)14-18)11-16-10-17(26)2-3-19(16)35(22)23/h2-5,10,15,18H,6-9,11-14H2,1H3. The minimum absolute atomic E-state index is 0.0125.